The second-order valence-corrected chi connectivity index (χ2v) is 6.80. The van der Waals surface area contributed by atoms with Crippen molar-refractivity contribution in [2.75, 3.05) is 18.9 Å². The molecule has 1 aliphatic carbocycles. The lowest BCUT2D eigenvalue weighted by atomic mass is 9.93. The van der Waals surface area contributed by atoms with Crippen molar-refractivity contribution < 1.29 is 9.18 Å². The Morgan fingerprint density at radius 1 is 1.32 bits per heavy atom. The fraction of sp³-hybridized carbons (Fsp3) is 0.421. The summed E-state index contributed by atoms with van der Waals surface area (Å²) >= 11 is 0. The van der Waals surface area contributed by atoms with E-state index in [0.717, 1.165) is 18.5 Å². The molecular weight excluding hydrogens is 319 g/mol. The molecule has 25 heavy (non-hydrogen) atoms. The maximum atomic E-state index is 14.3. The number of likely N-dealkylation sites (tertiary alicyclic amines) is 1. The van der Waals surface area contributed by atoms with Crippen molar-refractivity contribution in [3.05, 3.63) is 53.7 Å². The molecule has 2 aromatic rings. The number of rotatable bonds is 4. The second kappa shape index (κ2) is 6.10. The van der Waals surface area contributed by atoms with Crippen LogP contribution in [-0.4, -0.2) is 34.4 Å². The predicted octanol–water partition coefficient (Wildman–Crippen LogP) is 3.05. The van der Waals surface area contributed by atoms with E-state index in [9.17, 15) is 9.18 Å². The lowest BCUT2D eigenvalue weighted by Gasteiger charge is -2.29. The first-order chi connectivity index (χ1) is 12.2. The summed E-state index contributed by atoms with van der Waals surface area (Å²) in [6.45, 7) is 0.686. The summed E-state index contributed by atoms with van der Waals surface area (Å²) in [5, 5.41) is 2.98. The number of nitrogens with one attached hydrogen (secondary N) is 1. The quantitative estimate of drug-likeness (QED) is 0.929. The molecule has 5 nitrogen and oxygen atoms in total. The lowest BCUT2D eigenvalue weighted by molar-refractivity contribution is -0.135. The van der Waals surface area contributed by atoms with Crippen LogP contribution < -0.4 is 5.32 Å². The smallest absolute Gasteiger partial charge is 0.233 e. The SMILES string of the molecule is CNc1cncc([C@H]2CCCN2C(=O)C2(c3ccccc3F)CC2)n1. The van der Waals surface area contributed by atoms with E-state index in [1.54, 1.807) is 37.6 Å². The zero-order valence-electron chi connectivity index (χ0n) is 14.2. The third kappa shape index (κ3) is 2.65. The van der Waals surface area contributed by atoms with Gasteiger partial charge in [0.25, 0.3) is 0 Å². The van der Waals surface area contributed by atoms with E-state index in [1.165, 1.54) is 6.07 Å². The van der Waals surface area contributed by atoms with E-state index in [-0.39, 0.29) is 17.8 Å². The standard InChI is InChI=1S/C19H21FN4O/c1-21-17-12-22-11-15(23-17)16-7-4-10-24(16)18(25)19(8-9-19)13-5-2-3-6-14(13)20/h2-3,5-6,11-12,16H,4,7-10H2,1H3,(H,21,23)/t16-/m1/s1. The molecule has 1 amide bonds. The number of anilines is 1. The van der Waals surface area contributed by atoms with Crippen molar-refractivity contribution in [2.45, 2.75) is 37.1 Å². The van der Waals surface area contributed by atoms with Gasteiger partial charge in [-0.25, -0.2) is 9.37 Å². The molecule has 1 saturated heterocycles. The summed E-state index contributed by atoms with van der Waals surface area (Å²) < 4.78 is 14.3. The molecule has 1 atom stereocenters. The van der Waals surface area contributed by atoms with Crippen LogP contribution in [0.5, 0.6) is 0 Å². The molecule has 4 rings (SSSR count). The van der Waals surface area contributed by atoms with Crippen LogP contribution in [0.1, 0.15) is 43.0 Å². The van der Waals surface area contributed by atoms with Crippen LogP contribution in [0.4, 0.5) is 10.2 Å². The first-order valence-electron chi connectivity index (χ1n) is 8.71. The molecule has 1 N–H and O–H groups in total. The van der Waals surface area contributed by atoms with E-state index >= 15 is 0 Å². The molecule has 2 heterocycles. The Hall–Kier alpha value is -2.50. The minimum atomic E-state index is -0.692. The van der Waals surface area contributed by atoms with Gasteiger partial charge < -0.3 is 10.2 Å². The maximum Gasteiger partial charge on any atom is 0.233 e. The summed E-state index contributed by atoms with van der Waals surface area (Å²) in [6, 6.07) is 6.56. The Balaban J connectivity index is 1.64. The van der Waals surface area contributed by atoms with Gasteiger partial charge in [-0.3, -0.25) is 9.78 Å². The molecule has 1 saturated carbocycles. The van der Waals surface area contributed by atoms with E-state index in [1.807, 2.05) is 4.90 Å². The Bertz CT molecular complexity index is 806. The van der Waals surface area contributed by atoms with Gasteiger partial charge in [0.1, 0.15) is 11.6 Å². The van der Waals surface area contributed by atoms with E-state index < -0.39 is 5.41 Å². The molecule has 0 spiro atoms. The number of nitrogens with zero attached hydrogens (tertiary/aromatic N) is 3. The van der Waals surface area contributed by atoms with E-state index in [0.29, 0.717) is 30.8 Å². The average Bonchev–Trinajstić information content (AvgIpc) is 3.30. The van der Waals surface area contributed by atoms with Crippen LogP contribution in [0.25, 0.3) is 0 Å². The molecule has 0 radical (unpaired) electrons. The van der Waals surface area contributed by atoms with Gasteiger partial charge in [-0.15, -0.1) is 0 Å². The topological polar surface area (TPSA) is 58.1 Å². The van der Waals surface area contributed by atoms with Crippen molar-refractivity contribution in [1.29, 1.82) is 0 Å². The molecule has 1 aliphatic heterocycles. The first kappa shape index (κ1) is 16.0. The molecule has 6 heteroatoms. The summed E-state index contributed by atoms with van der Waals surface area (Å²) in [5.41, 5.74) is 0.630. The van der Waals surface area contributed by atoms with Gasteiger partial charge in [-0.2, -0.15) is 0 Å². The summed E-state index contributed by atoms with van der Waals surface area (Å²) in [6.07, 6.45) is 6.58. The van der Waals surface area contributed by atoms with Crippen molar-refractivity contribution in [1.82, 2.24) is 14.9 Å². The van der Waals surface area contributed by atoms with Gasteiger partial charge in [0.05, 0.1) is 29.5 Å². The lowest BCUT2D eigenvalue weighted by Crippen LogP contribution is -2.39. The summed E-state index contributed by atoms with van der Waals surface area (Å²) in [4.78, 5) is 24.0. The highest BCUT2D eigenvalue weighted by molar-refractivity contribution is 5.91. The molecule has 2 fully saturated rings. The van der Waals surface area contributed by atoms with Crippen LogP contribution in [0.3, 0.4) is 0 Å². The van der Waals surface area contributed by atoms with Gasteiger partial charge >= 0.3 is 0 Å². The van der Waals surface area contributed by atoms with E-state index in [4.69, 9.17) is 0 Å². The van der Waals surface area contributed by atoms with Crippen LogP contribution in [0, 0.1) is 5.82 Å². The van der Waals surface area contributed by atoms with Gasteiger partial charge in [-0.05, 0) is 31.7 Å². The molecular formula is C19H21FN4O. The molecule has 0 bridgehead atoms. The number of hydrogen-bond donors (Lipinski definition) is 1. The minimum absolute atomic E-state index is 0.0248. The highest BCUT2D eigenvalue weighted by Gasteiger charge is 2.55. The zero-order chi connectivity index (χ0) is 17.4. The fourth-order valence-electron chi connectivity index (χ4n) is 3.83. The van der Waals surface area contributed by atoms with Gasteiger partial charge in [0.15, 0.2) is 0 Å². The van der Waals surface area contributed by atoms with Crippen molar-refractivity contribution in [3.8, 4) is 0 Å². The second-order valence-electron chi connectivity index (χ2n) is 6.80. The average molecular weight is 340 g/mol. The van der Waals surface area contributed by atoms with Crippen LogP contribution in [0.15, 0.2) is 36.7 Å². The summed E-state index contributed by atoms with van der Waals surface area (Å²) in [5.74, 6) is 0.421. The number of aromatic nitrogens is 2. The molecule has 130 valence electrons. The molecule has 0 unspecified atom stereocenters. The summed E-state index contributed by atoms with van der Waals surface area (Å²) in [7, 11) is 1.79. The third-order valence-corrected chi connectivity index (χ3v) is 5.31. The van der Waals surface area contributed by atoms with Crippen LogP contribution in [0.2, 0.25) is 0 Å². The number of hydrogen-bond acceptors (Lipinski definition) is 4. The van der Waals surface area contributed by atoms with E-state index in [2.05, 4.69) is 15.3 Å². The van der Waals surface area contributed by atoms with Crippen molar-refractivity contribution >= 4 is 11.7 Å². The molecule has 1 aromatic carbocycles. The highest BCUT2D eigenvalue weighted by atomic mass is 19.1. The van der Waals surface area contributed by atoms with Gasteiger partial charge in [-0.1, -0.05) is 18.2 Å². The number of benzene rings is 1. The fourth-order valence-corrected chi connectivity index (χ4v) is 3.83. The minimum Gasteiger partial charge on any atom is -0.372 e. The van der Waals surface area contributed by atoms with Crippen molar-refractivity contribution in [2.24, 2.45) is 0 Å². The number of halogens is 1. The third-order valence-electron chi connectivity index (χ3n) is 5.31. The Kier molecular flexibility index (Phi) is 3.90. The van der Waals surface area contributed by atoms with Gasteiger partial charge in [0.2, 0.25) is 5.91 Å². The first-order valence-corrected chi connectivity index (χ1v) is 8.71. The van der Waals surface area contributed by atoms with Crippen molar-refractivity contribution in [3.63, 3.8) is 0 Å². The van der Waals surface area contributed by atoms with Crippen LogP contribution in [-0.2, 0) is 10.2 Å². The Labute approximate surface area is 146 Å². The largest absolute Gasteiger partial charge is 0.372 e. The predicted molar refractivity (Wildman–Crippen MR) is 92.6 cm³/mol. The Morgan fingerprint density at radius 2 is 2.12 bits per heavy atom. The van der Waals surface area contributed by atoms with Crippen LogP contribution >= 0.6 is 0 Å². The monoisotopic (exact) mass is 340 g/mol. The number of carbonyl (C=O) groups excluding carboxylic acids is 1. The number of amides is 1. The van der Waals surface area contributed by atoms with Gasteiger partial charge in [0, 0.05) is 19.2 Å². The normalized spacial score (nSPS) is 21.2. The number of carbonyl (C=O) groups is 1. The molecule has 1 aromatic heterocycles. The highest BCUT2D eigenvalue weighted by Crippen LogP contribution is 2.52. The Morgan fingerprint density at radius 3 is 2.84 bits per heavy atom. The molecule has 2 aliphatic rings. The zero-order valence-corrected chi connectivity index (χ0v) is 14.2. The maximum absolute atomic E-state index is 14.3.